The molecule has 1 aliphatic carbocycles. The van der Waals surface area contributed by atoms with Crippen LogP contribution in [0.2, 0.25) is 0 Å². The molecule has 10 heteroatoms. The maximum absolute atomic E-state index is 14.3. The zero-order chi connectivity index (χ0) is 22.8. The largest absolute Gasteiger partial charge is 0.369 e. The van der Waals surface area contributed by atoms with Crippen LogP contribution in [-0.4, -0.2) is 31.5 Å². The van der Waals surface area contributed by atoms with Crippen molar-refractivity contribution < 1.29 is 13.6 Å². The SMILES string of the molecule is CCC(C)Nc1ncc2nc(Nc3c(F)cccc3F)n([C@H]3CC[C@H](C(N)=O)CC3)c2n1. The highest BCUT2D eigenvalue weighted by Gasteiger charge is 2.29. The number of para-hydroxylation sites is 1. The zero-order valence-electron chi connectivity index (χ0n) is 18.1. The molecule has 3 aromatic rings. The molecular formula is C22H27F2N7O. The molecule has 4 rings (SSSR count). The van der Waals surface area contributed by atoms with Gasteiger partial charge in [0, 0.05) is 18.0 Å². The second-order valence-corrected chi connectivity index (χ2v) is 8.29. The Morgan fingerprint density at radius 2 is 1.91 bits per heavy atom. The third kappa shape index (κ3) is 4.35. The molecule has 4 N–H and O–H groups in total. The monoisotopic (exact) mass is 443 g/mol. The maximum Gasteiger partial charge on any atom is 0.224 e. The van der Waals surface area contributed by atoms with Crippen molar-refractivity contribution >= 4 is 34.7 Å². The number of hydrogen-bond acceptors (Lipinski definition) is 6. The van der Waals surface area contributed by atoms with E-state index in [2.05, 4.69) is 32.5 Å². The van der Waals surface area contributed by atoms with Gasteiger partial charge in [0.2, 0.25) is 17.8 Å². The van der Waals surface area contributed by atoms with Gasteiger partial charge >= 0.3 is 0 Å². The Kier molecular flexibility index (Phi) is 6.20. The Balaban J connectivity index is 1.76. The topological polar surface area (TPSA) is 111 Å². The highest BCUT2D eigenvalue weighted by Crippen LogP contribution is 2.37. The number of nitrogens with two attached hydrogens (primary N) is 1. The molecule has 1 unspecified atom stereocenters. The fraction of sp³-hybridized carbons (Fsp3) is 0.455. The van der Waals surface area contributed by atoms with Crippen LogP contribution in [0, 0.1) is 17.6 Å². The first-order valence-corrected chi connectivity index (χ1v) is 10.9. The summed E-state index contributed by atoms with van der Waals surface area (Å²) in [7, 11) is 0. The normalized spacial score (nSPS) is 19.6. The number of primary amides is 1. The minimum absolute atomic E-state index is 0.0562. The summed E-state index contributed by atoms with van der Waals surface area (Å²) in [6.07, 6.45) is 5.11. The Labute approximate surface area is 184 Å². The Hall–Kier alpha value is -3.30. The van der Waals surface area contributed by atoms with Crippen molar-refractivity contribution in [3.63, 3.8) is 0 Å². The molecule has 1 fully saturated rings. The summed E-state index contributed by atoms with van der Waals surface area (Å²) in [4.78, 5) is 25.1. The molecule has 0 spiro atoms. The first-order valence-electron chi connectivity index (χ1n) is 10.9. The van der Waals surface area contributed by atoms with Crippen molar-refractivity contribution in [2.75, 3.05) is 10.6 Å². The van der Waals surface area contributed by atoms with E-state index in [1.165, 1.54) is 18.2 Å². The molecule has 1 saturated carbocycles. The van der Waals surface area contributed by atoms with Gasteiger partial charge < -0.3 is 16.4 Å². The van der Waals surface area contributed by atoms with Gasteiger partial charge in [-0.2, -0.15) is 4.98 Å². The summed E-state index contributed by atoms with van der Waals surface area (Å²) in [5.41, 5.74) is 6.28. The van der Waals surface area contributed by atoms with E-state index in [9.17, 15) is 13.6 Å². The van der Waals surface area contributed by atoms with Crippen LogP contribution in [0.15, 0.2) is 24.4 Å². The van der Waals surface area contributed by atoms with Crippen molar-refractivity contribution in [3.8, 4) is 0 Å². The lowest BCUT2D eigenvalue weighted by Gasteiger charge is -2.29. The lowest BCUT2D eigenvalue weighted by Crippen LogP contribution is -2.29. The third-order valence-corrected chi connectivity index (χ3v) is 6.08. The van der Waals surface area contributed by atoms with E-state index < -0.39 is 11.6 Å². The molecule has 8 nitrogen and oxygen atoms in total. The molecular weight excluding hydrogens is 416 g/mol. The van der Waals surface area contributed by atoms with Gasteiger partial charge in [0.25, 0.3) is 0 Å². The number of halogens is 2. The fourth-order valence-corrected chi connectivity index (χ4v) is 4.06. The first kappa shape index (κ1) is 21.9. The number of carbonyl (C=O) groups is 1. The average molecular weight is 444 g/mol. The number of rotatable bonds is 7. The van der Waals surface area contributed by atoms with E-state index in [1.54, 1.807) is 6.20 Å². The molecule has 0 saturated heterocycles. The van der Waals surface area contributed by atoms with Crippen LogP contribution in [0.25, 0.3) is 11.2 Å². The quantitative estimate of drug-likeness (QED) is 0.503. The maximum atomic E-state index is 14.3. The van der Waals surface area contributed by atoms with E-state index >= 15 is 0 Å². The number of fused-ring (bicyclic) bond motifs is 1. The molecule has 0 radical (unpaired) electrons. The standard InChI is InChI=1S/C22H27F2N7O/c1-3-12(2)27-21-26-11-17-20(30-21)31(14-9-7-13(8-10-14)19(25)32)22(28-17)29-18-15(23)5-4-6-16(18)24/h4-6,11-14H,3,7-10H2,1-2H3,(H2,25,32)(H,28,29)(H,26,27,30)/t12?,13-,14-. The summed E-state index contributed by atoms with van der Waals surface area (Å²) in [6, 6.07) is 3.80. The van der Waals surface area contributed by atoms with Crippen LogP contribution >= 0.6 is 0 Å². The summed E-state index contributed by atoms with van der Waals surface area (Å²) < 4.78 is 30.5. The van der Waals surface area contributed by atoms with Gasteiger partial charge in [-0.15, -0.1) is 0 Å². The molecule has 1 atom stereocenters. The molecule has 1 aliphatic rings. The molecule has 2 heterocycles. The van der Waals surface area contributed by atoms with Crippen molar-refractivity contribution in [2.24, 2.45) is 11.7 Å². The van der Waals surface area contributed by atoms with Gasteiger partial charge in [0.15, 0.2) is 5.65 Å². The number of nitrogens with zero attached hydrogens (tertiary/aromatic N) is 4. The minimum Gasteiger partial charge on any atom is -0.369 e. The average Bonchev–Trinajstić information content (AvgIpc) is 3.13. The molecule has 32 heavy (non-hydrogen) atoms. The Bertz CT molecular complexity index is 1100. The van der Waals surface area contributed by atoms with Gasteiger partial charge in [0.05, 0.1) is 6.20 Å². The van der Waals surface area contributed by atoms with Crippen LogP contribution in [0.4, 0.5) is 26.4 Å². The van der Waals surface area contributed by atoms with Gasteiger partial charge in [-0.05, 0) is 51.2 Å². The zero-order valence-corrected chi connectivity index (χ0v) is 18.1. The van der Waals surface area contributed by atoms with Gasteiger partial charge in [-0.1, -0.05) is 13.0 Å². The number of aromatic nitrogens is 4. The summed E-state index contributed by atoms with van der Waals surface area (Å²) in [6.45, 7) is 4.09. The van der Waals surface area contributed by atoms with Crippen molar-refractivity contribution in [3.05, 3.63) is 36.0 Å². The van der Waals surface area contributed by atoms with Crippen LogP contribution < -0.4 is 16.4 Å². The van der Waals surface area contributed by atoms with Crippen molar-refractivity contribution in [1.29, 1.82) is 0 Å². The van der Waals surface area contributed by atoms with Gasteiger partial charge in [-0.3, -0.25) is 9.36 Å². The predicted octanol–water partition coefficient (Wildman–Crippen LogP) is 4.28. The molecule has 170 valence electrons. The minimum atomic E-state index is -0.716. The lowest BCUT2D eigenvalue weighted by molar-refractivity contribution is -0.122. The van der Waals surface area contributed by atoms with Crippen molar-refractivity contribution in [1.82, 2.24) is 19.5 Å². The predicted molar refractivity (Wildman–Crippen MR) is 119 cm³/mol. The Morgan fingerprint density at radius 1 is 1.22 bits per heavy atom. The van der Waals surface area contributed by atoms with Gasteiger partial charge in [0.1, 0.15) is 22.8 Å². The number of anilines is 3. The van der Waals surface area contributed by atoms with Crippen LogP contribution in [-0.2, 0) is 4.79 Å². The van der Waals surface area contributed by atoms with Crippen LogP contribution in [0.1, 0.15) is 52.0 Å². The van der Waals surface area contributed by atoms with E-state index in [1.807, 2.05) is 11.5 Å². The molecule has 1 amide bonds. The van der Waals surface area contributed by atoms with Crippen LogP contribution in [0.3, 0.4) is 0 Å². The second-order valence-electron chi connectivity index (χ2n) is 8.29. The summed E-state index contributed by atoms with van der Waals surface area (Å²) in [5, 5.41) is 6.07. The second kappa shape index (κ2) is 9.05. The number of hydrogen-bond donors (Lipinski definition) is 3. The number of imidazole rings is 1. The third-order valence-electron chi connectivity index (χ3n) is 6.08. The number of benzene rings is 1. The van der Waals surface area contributed by atoms with E-state index in [0.717, 1.165) is 6.42 Å². The Morgan fingerprint density at radius 3 is 2.53 bits per heavy atom. The van der Waals surface area contributed by atoms with E-state index in [0.29, 0.717) is 42.8 Å². The summed E-state index contributed by atoms with van der Waals surface area (Å²) >= 11 is 0. The number of amides is 1. The van der Waals surface area contributed by atoms with E-state index in [4.69, 9.17) is 5.73 Å². The lowest BCUT2D eigenvalue weighted by atomic mass is 9.85. The van der Waals surface area contributed by atoms with Crippen molar-refractivity contribution in [2.45, 2.75) is 58.0 Å². The number of nitrogens with one attached hydrogen (secondary N) is 2. The fourth-order valence-electron chi connectivity index (χ4n) is 4.06. The summed E-state index contributed by atoms with van der Waals surface area (Å²) in [5.74, 6) is -1.16. The molecule has 1 aromatic carbocycles. The van der Waals surface area contributed by atoms with E-state index in [-0.39, 0.29) is 35.5 Å². The molecule has 0 aliphatic heterocycles. The van der Waals surface area contributed by atoms with Crippen LogP contribution in [0.5, 0.6) is 0 Å². The highest BCUT2D eigenvalue weighted by atomic mass is 19.1. The first-order chi connectivity index (χ1) is 15.4. The molecule has 0 bridgehead atoms. The number of carbonyl (C=O) groups excluding carboxylic acids is 1. The highest BCUT2D eigenvalue weighted by molar-refractivity contribution is 5.78. The molecule has 2 aromatic heterocycles. The van der Waals surface area contributed by atoms with Gasteiger partial charge in [-0.25, -0.2) is 18.7 Å². The smallest absolute Gasteiger partial charge is 0.224 e.